The van der Waals surface area contributed by atoms with Gasteiger partial charge in [-0.3, -0.25) is 0 Å². The van der Waals surface area contributed by atoms with Crippen LogP contribution in [-0.2, 0) is 6.18 Å². The molecule has 0 saturated carbocycles. The summed E-state index contributed by atoms with van der Waals surface area (Å²) in [5.41, 5.74) is -0.843. The van der Waals surface area contributed by atoms with Gasteiger partial charge in [-0.1, -0.05) is 0 Å². The summed E-state index contributed by atoms with van der Waals surface area (Å²) in [6.07, 6.45) is 1.98. The highest BCUT2D eigenvalue weighted by Gasteiger charge is 2.35. The Kier molecular flexibility index (Phi) is 4.82. The number of alkyl halides is 3. The van der Waals surface area contributed by atoms with Crippen LogP contribution in [0.5, 0.6) is 5.88 Å². The molecule has 5 nitrogen and oxygen atoms in total. The van der Waals surface area contributed by atoms with Crippen molar-refractivity contribution < 1.29 is 17.9 Å². The second kappa shape index (κ2) is 7.02. The number of ether oxygens (including phenoxy) is 1. The Hall–Kier alpha value is -2.38. The number of pyridine rings is 1. The summed E-state index contributed by atoms with van der Waals surface area (Å²) in [6, 6.07) is 3.98. The van der Waals surface area contributed by atoms with Crippen LogP contribution in [0.15, 0.2) is 36.8 Å². The fourth-order valence-electron chi connectivity index (χ4n) is 2.76. The molecule has 0 radical (unpaired) electrons. The van der Waals surface area contributed by atoms with E-state index in [0.717, 1.165) is 25.5 Å². The van der Waals surface area contributed by atoms with Gasteiger partial charge >= 0.3 is 6.18 Å². The lowest BCUT2D eigenvalue weighted by Crippen LogP contribution is -2.38. The second-order valence-corrected chi connectivity index (χ2v) is 5.67. The maximum absolute atomic E-state index is 13.0. The van der Waals surface area contributed by atoms with Gasteiger partial charge in [-0.2, -0.15) is 13.2 Å². The summed E-state index contributed by atoms with van der Waals surface area (Å²) in [5, 5.41) is 0. The van der Waals surface area contributed by atoms with Crippen LogP contribution in [0.3, 0.4) is 0 Å². The minimum absolute atomic E-state index is 0.102. The lowest BCUT2D eigenvalue weighted by atomic mass is 9.99. The van der Waals surface area contributed by atoms with Gasteiger partial charge in [0.2, 0.25) is 11.8 Å². The number of halogens is 3. The predicted molar refractivity (Wildman–Crippen MR) is 81.7 cm³/mol. The van der Waals surface area contributed by atoms with Crippen LogP contribution in [0.25, 0.3) is 0 Å². The van der Waals surface area contributed by atoms with Gasteiger partial charge in [0.25, 0.3) is 0 Å². The highest BCUT2D eigenvalue weighted by Crippen LogP contribution is 2.35. The van der Waals surface area contributed by atoms with Crippen LogP contribution < -0.4 is 9.64 Å². The first-order valence-electron chi connectivity index (χ1n) is 7.71. The largest absolute Gasteiger partial charge is 0.477 e. The third-order valence-corrected chi connectivity index (χ3v) is 3.89. The van der Waals surface area contributed by atoms with Crippen molar-refractivity contribution in [2.75, 3.05) is 24.6 Å². The molecule has 8 heteroatoms. The molecule has 3 rings (SSSR count). The fraction of sp³-hybridized carbons (Fsp3) is 0.438. The highest BCUT2D eigenvalue weighted by molar-refractivity contribution is 5.30. The van der Waals surface area contributed by atoms with Gasteiger partial charge in [0.15, 0.2) is 0 Å². The molecule has 1 fully saturated rings. The predicted octanol–water partition coefficient (Wildman–Crippen LogP) is 3.19. The van der Waals surface area contributed by atoms with E-state index in [1.807, 2.05) is 4.90 Å². The summed E-state index contributed by atoms with van der Waals surface area (Å²) in [4.78, 5) is 14.2. The van der Waals surface area contributed by atoms with E-state index in [-0.39, 0.29) is 18.4 Å². The Morgan fingerprint density at radius 2 is 1.88 bits per heavy atom. The van der Waals surface area contributed by atoms with Crippen LogP contribution in [0.1, 0.15) is 18.4 Å². The highest BCUT2D eigenvalue weighted by atomic mass is 19.4. The summed E-state index contributed by atoms with van der Waals surface area (Å²) < 4.78 is 44.2. The Morgan fingerprint density at radius 3 is 2.62 bits per heavy atom. The summed E-state index contributed by atoms with van der Waals surface area (Å²) >= 11 is 0. The zero-order chi connectivity index (χ0) is 17.0. The van der Waals surface area contributed by atoms with Gasteiger partial charge < -0.3 is 9.64 Å². The number of hydrogen-bond acceptors (Lipinski definition) is 5. The van der Waals surface area contributed by atoms with Crippen molar-refractivity contribution >= 4 is 5.95 Å². The lowest BCUT2D eigenvalue weighted by Gasteiger charge is -2.32. The quantitative estimate of drug-likeness (QED) is 0.857. The van der Waals surface area contributed by atoms with Crippen molar-refractivity contribution in [3.63, 3.8) is 0 Å². The van der Waals surface area contributed by atoms with Gasteiger partial charge in [0, 0.05) is 37.6 Å². The monoisotopic (exact) mass is 338 g/mol. The van der Waals surface area contributed by atoms with Crippen molar-refractivity contribution in [1.29, 1.82) is 0 Å². The normalized spacial score (nSPS) is 18.5. The SMILES string of the molecule is FC(F)(F)c1cccnc1OCC1CCCN(c2ncccn2)C1. The van der Waals surface area contributed by atoms with E-state index < -0.39 is 11.7 Å². The van der Waals surface area contributed by atoms with Crippen LogP contribution in [0.4, 0.5) is 19.1 Å². The first-order chi connectivity index (χ1) is 11.5. The molecule has 0 amide bonds. The van der Waals surface area contributed by atoms with Gasteiger partial charge in [-0.15, -0.1) is 0 Å². The molecule has 0 spiro atoms. The smallest absolute Gasteiger partial charge is 0.421 e. The van der Waals surface area contributed by atoms with Gasteiger partial charge in [0.05, 0.1) is 6.61 Å². The molecule has 1 atom stereocenters. The van der Waals surface area contributed by atoms with Crippen molar-refractivity contribution in [1.82, 2.24) is 15.0 Å². The molecule has 0 N–H and O–H groups in total. The van der Waals surface area contributed by atoms with E-state index in [0.29, 0.717) is 12.5 Å². The first kappa shape index (κ1) is 16.5. The number of anilines is 1. The van der Waals surface area contributed by atoms with Crippen LogP contribution in [-0.4, -0.2) is 34.6 Å². The van der Waals surface area contributed by atoms with E-state index in [2.05, 4.69) is 15.0 Å². The van der Waals surface area contributed by atoms with Crippen molar-refractivity contribution in [2.24, 2.45) is 5.92 Å². The molecular formula is C16H17F3N4O. The van der Waals surface area contributed by atoms with Crippen LogP contribution in [0, 0.1) is 5.92 Å². The molecule has 1 aliphatic heterocycles. The standard InChI is InChI=1S/C16H17F3N4O/c17-16(18,19)13-5-1-6-20-14(13)24-11-12-4-2-9-23(10-12)15-21-7-3-8-22-15/h1,3,5-8,12H,2,4,9-11H2. The van der Waals surface area contributed by atoms with Crippen LogP contribution in [0.2, 0.25) is 0 Å². The van der Waals surface area contributed by atoms with E-state index >= 15 is 0 Å². The maximum Gasteiger partial charge on any atom is 0.421 e. The summed E-state index contributed by atoms with van der Waals surface area (Å²) in [7, 11) is 0. The Labute approximate surface area is 137 Å². The fourth-order valence-corrected chi connectivity index (χ4v) is 2.76. The molecule has 1 unspecified atom stereocenters. The zero-order valence-corrected chi connectivity index (χ0v) is 12.9. The molecule has 2 aromatic rings. The molecule has 128 valence electrons. The molecule has 0 aromatic carbocycles. The van der Waals surface area contributed by atoms with Crippen molar-refractivity contribution in [3.8, 4) is 5.88 Å². The van der Waals surface area contributed by atoms with Gasteiger partial charge in [-0.25, -0.2) is 15.0 Å². The zero-order valence-electron chi connectivity index (χ0n) is 12.9. The molecule has 2 aromatic heterocycles. The van der Waals surface area contributed by atoms with E-state index in [4.69, 9.17) is 4.74 Å². The third-order valence-electron chi connectivity index (χ3n) is 3.89. The number of hydrogen-bond donors (Lipinski definition) is 0. The topological polar surface area (TPSA) is 51.1 Å². The van der Waals surface area contributed by atoms with E-state index in [1.165, 1.54) is 12.3 Å². The minimum atomic E-state index is -4.47. The molecule has 0 aliphatic carbocycles. The molecule has 24 heavy (non-hydrogen) atoms. The van der Waals surface area contributed by atoms with Gasteiger partial charge in [0.1, 0.15) is 5.56 Å². The molecule has 1 aliphatic rings. The average molecular weight is 338 g/mol. The van der Waals surface area contributed by atoms with E-state index in [9.17, 15) is 13.2 Å². The summed E-state index contributed by atoms with van der Waals surface area (Å²) in [6.45, 7) is 1.67. The molecule has 3 heterocycles. The molecule has 0 bridgehead atoms. The van der Waals surface area contributed by atoms with Crippen molar-refractivity contribution in [2.45, 2.75) is 19.0 Å². The number of aromatic nitrogens is 3. The Balaban J connectivity index is 1.63. The third kappa shape index (κ3) is 3.93. The average Bonchev–Trinajstić information content (AvgIpc) is 2.60. The molecule has 1 saturated heterocycles. The second-order valence-electron chi connectivity index (χ2n) is 5.67. The van der Waals surface area contributed by atoms with E-state index in [1.54, 1.807) is 18.5 Å². The maximum atomic E-state index is 13.0. The number of piperidine rings is 1. The Morgan fingerprint density at radius 1 is 1.12 bits per heavy atom. The van der Waals surface area contributed by atoms with Crippen molar-refractivity contribution in [3.05, 3.63) is 42.4 Å². The van der Waals surface area contributed by atoms with Gasteiger partial charge in [-0.05, 0) is 31.0 Å². The van der Waals surface area contributed by atoms with Crippen LogP contribution >= 0.6 is 0 Å². The first-order valence-corrected chi connectivity index (χ1v) is 7.71. The number of rotatable bonds is 4. The molecular weight excluding hydrogens is 321 g/mol. The summed E-state index contributed by atoms with van der Waals surface area (Å²) in [5.74, 6) is 0.375. The lowest BCUT2D eigenvalue weighted by molar-refractivity contribution is -0.139. The number of nitrogens with zero attached hydrogens (tertiary/aromatic N) is 4. The Bertz CT molecular complexity index is 666. The minimum Gasteiger partial charge on any atom is -0.477 e.